The fraction of sp³-hybridized carbons (Fsp3) is 0.571. The summed E-state index contributed by atoms with van der Waals surface area (Å²) in [4.78, 5) is 0. The van der Waals surface area contributed by atoms with E-state index >= 15 is 0 Å². The lowest BCUT2D eigenvalue weighted by Gasteiger charge is -2.18. The van der Waals surface area contributed by atoms with Crippen LogP contribution in [0.15, 0.2) is 24.3 Å². The fourth-order valence-corrected chi connectivity index (χ4v) is 3.00. The van der Waals surface area contributed by atoms with Gasteiger partial charge in [-0.2, -0.15) is 0 Å². The second-order valence-electron chi connectivity index (χ2n) is 5.17. The molecule has 4 unspecified atom stereocenters. The largest absolute Gasteiger partial charge is 0.369 e. The maximum absolute atomic E-state index is 5.71. The Hall–Kier alpha value is -0.860. The lowest BCUT2D eigenvalue weighted by molar-refractivity contribution is 0.359. The van der Waals surface area contributed by atoms with Gasteiger partial charge in [0.15, 0.2) is 0 Å². The van der Waals surface area contributed by atoms with Crippen molar-refractivity contribution in [3.8, 4) is 0 Å². The molecule has 0 aromatic heterocycles. The molecule has 2 heteroatoms. The zero-order valence-corrected chi connectivity index (χ0v) is 9.26. The van der Waals surface area contributed by atoms with Crippen LogP contribution in [0.25, 0.3) is 0 Å². The van der Waals surface area contributed by atoms with Crippen molar-refractivity contribution in [3.63, 3.8) is 0 Å². The van der Waals surface area contributed by atoms with E-state index in [0.29, 0.717) is 24.2 Å². The average molecular weight is 216 g/mol. The van der Waals surface area contributed by atoms with Crippen LogP contribution in [0.3, 0.4) is 0 Å². The Bertz CT molecular complexity index is 394. The van der Waals surface area contributed by atoms with Gasteiger partial charge in [-0.3, -0.25) is 0 Å². The molecule has 0 bridgehead atoms. The van der Waals surface area contributed by atoms with Crippen LogP contribution in [0.4, 0.5) is 0 Å². The van der Waals surface area contributed by atoms with Crippen molar-refractivity contribution in [2.75, 3.05) is 6.61 Å². The summed E-state index contributed by atoms with van der Waals surface area (Å²) < 4.78 is 11.0. The summed E-state index contributed by atoms with van der Waals surface area (Å²) in [6.07, 6.45) is 5.36. The van der Waals surface area contributed by atoms with Crippen LogP contribution in [-0.4, -0.2) is 18.8 Å². The minimum absolute atomic E-state index is 0.380. The summed E-state index contributed by atoms with van der Waals surface area (Å²) >= 11 is 0. The van der Waals surface area contributed by atoms with Crippen LogP contribution in [-0.2, 0) is 9.47 Å². The van der Waals surface area contributed by atoms with Crippen molar-refractivity contribution in [2.45, 2.75) is 43.5 Å². The van der Waals surface area contributed by atoms with Gasteiger partial charge in [0.05, 0.1) is 18.8 Å². The van der Waals surface area contributed by atoms with E-state index in [1.165, 1.54) is 30.4 Å². The second kappa shape index (κ2) is 3.31. The van der Waals surface area contributed by atoms with Gasteiger partial charge in [-0.1, -0.05) is 30.7 Å². The van der Waals surface area contributed by atoms with Crippen molar-refractivity contribution in [1.29, 1.82) is 0 Å². The third kappa shape index (κ3) is 1.48. The zero-order valence-electron chi connectivity index (χ0n) is 9.26. The molecule has 1 saturated carbocycles. The highest BCUT2D eigenvalue weighted by molar-refractivity contribution is 5.30. The molecule has 3 fully saturated rings. The van der Waals surface area contributed by atoms with Crippen molar-refractivity contribution in [2.24, 2.45) is 0 Å². The van der Waals surface area contributed by atoms with Crippen molar-refractivity contribution >= 4 is 0 Å². The van der Waals surface area contributed by atoms with Crippen LogP contribution in [0.5, 0.6) is 0 Å². The number of fused-ring (bicyclic) bond motifs is 1. The first-order valence-electron chi connectivity index (χ1n) is 6.29. The molecule has 0 radical (unpaired) electrons. The molecule has 1 aromatic carbocycles. The molecule has 0 amide bonds. The number of benzene rings is 1. The third-order valence-corrected chi connectivity index (χ3v) is 4.09. The minimum Gasteiger partial charge on any atom is -0.369 e. The number of hydrogen-bond acceptors (Lipinski definition) is 2. The molecule has 0 N–H and O–H groups in total. The Kier molecular flexibility index (Phi) is 1.91. The number of ether oxygens (including phenoxy) is 2. The van der Waals surface area contributed by atoms with Gasteiger partial charge in [-0.05, 0) is 24.0 Å². The Balaban J connectivity index is 1.57. The van der Waals surface area contributed by atoms with Gasteiger partial charge in [0, 0.05) is 5.92 Å². The van der Waals surface area contributed by atoms with Crippen LogP contribution >= 0.6 is 0 Å². The highest BCUT2D eigenvalue weighted by atomic mass is 16.6. The molecule has 2 nitrogen and oxygen atoms in total. The average Bonchev–Trinajstić information content (AvgIpc) is 3.20. The Morgan fingerprint density at radius 2 is 1.75 bits per heavy atom. The van der Waals surface area contributed by atoms with Gasteiger partial charge in [0.25, 0.3) is 0 Å². The minimum atomic E-state index is 0.380. The highest BCUT2D eigenvalue weighted by Crippen LogP contribution is 2.46. The van der Waals surface area contributed by atoms with Gasteiger partial charge < -0.3 is 9.47 Å². The first kappa shape index (κ1) is 9.20. The molecular weight excluding hydrogens is 200 g/mol. The summed E-state index contributed by atoms with van der Waals surface area (Å²) in [5.41, 5.74) is 2.78. The van der Waals surface area contributed by atoms with Gasteiger partial charge in [0.1, 0.15) is 6.10 Å². The van der Waals surface area contributed by atoms with Crippen LogP contribution in [0.1, 0.15) is 42.4 Å². The monoisotopic (exact) mass is 216 g/mol. The van der Waals surface area contributed by atoms with Gasteiger partial charge in [0.2, 0.25) is 0 Å². The van der Waals surface area contributed by atoms with Crippen LogP contribution in [0, 0.1) is 0 Å². The number of epoxide rings is 2. The van der Waals surface area contributed by atoms with Crippen molar-refractivity contribution in [3.05, 3.63) is 35.4 Å². The Labute approximate surface area is 95.6 Å². The molecule has 2 aliphatic heterocycles. The zero-order chi connectivity index (χ0) is 10.5. The molecule has 4 atom stereocenters. The molecule has 4 rings (SSSR count). The molecule has 1 aromatic rings. The standard InChI is InChI=1S/C14H16O2/c1-2-11(14-12(3-1)16-14)9-4-6-10(7-5-9)13-8-15-13/h4-7,11-14H,1-3,8H2. The van der Waals surface area contributed by atoms with E-state index in [9.17, 15) is 0 Å². The molecule has 84 valence electrons. The SMILES string of the molecule is c1cc(C2CCCC3OC32)ccc1C1CO1. The molecule has 2 saturated heterocycles. The topological polar surface area (TPSA) is 25.1 Å². The highest BCUT2D eigenvalue weighted by Gasteiger charge is 2.47. The van der Waals surface area contributed by atoms with Crippen LogP contribution < -0.4 is 0 Å². The lowest BCUT2D eigenvalue weighted by Crippen LogP contribution is -2.14. The molecule has 1 aliphatic carbocycles. The summed E-state index contributed by atoms with van der Waals surface area (Å²) in [5.74, 6) is 0.646. The predicted octanol–water partition coefficient (Wildman–Crippen LogP) is 2.79. The molecule has 3 aliphatic rings. The third-order valence-electron chi connectivity index (χ3n) is 4.09. The van der Waals surface area contributed by atoms with E-state index in [4.69, 9.17) is 9.47 Å². The summed E-state index contributed by atoms with van der Waals surface area (Å²) in [7, 11) is 0. The van der Waals surface area contributed by atoms with E-state index in [0.717, 1.165) is 6.61 Å². The van der Waals surface area contributed by atoms with E-state index in [-0.39, 0.29) is 0 Å². The molecule has 16 heavy (non-hydrogen) atoms. The first-order valence-corrected chi connectivity index (χ1v) is 6.29. The second-order valence-corrected chi connectivity index (χ2v) is 5.17. The normalized spacial score (nSPS) is 40.2. The van der Waals surface area contributed by atoms with Crippen molar-refractivity contribution in [1.82, 2.24) is 0 Å². The predicted molar refractivity (Wildman–Crippen MR) is 60.4 cm³/mol. The maximum Gasteiger partial charge on any atom is 0.106 e. The van der Waals surface area contributed by atoms with E-state index < -0.39 is 0 Å². The van der Waals surface area contributed by atoms with Crippen molar-refractivity contribution < 1.29 is 9.47 Å². The Morgan fingerprint density at radius 1 is 1.00 bits per heavy atom. The van der Waals surface area contributed by atoms with Gasteiger partial charge in [-0.25, -0.2) is 0 Å². The summed E-state index contributed by atoms with van der Waals surface area (Å²) in [6, 6.07) is 8.98. The summed E-state index contributed by atoms with van der Waals surface area (Å²) in [5, 5.41) is 0. The summed E-state index contributed by atoms with van der Waals surface area (Å²) in [6.45, 7) is 0.899. The van der Waals surface area contributed by atoms with Gasteiger partial charge in [-0.15, -0.1) is 0 Å². The van der Waals surface area contributed by atoms with E-state index in [2.05, 4.69) is 24.3 Å². The number of rotatable bonds is 2. The Morgan fingerprint density at radius 3 is 2.50 bits per heavy atom. The fourth-order valence-electron chi connectivity index (χ4n) is 3.00. The molecular formula is C14H16O2. The molecule has 2 heterocycles. The molecule has 0 spiro atoms. The smallest absolute Gasteiger partial charge is 0.106 e. The lowest BCUT2D eigenvalue weighted by atomic mass is 9.84. The first-order chi connectivity index (χ1) is 7.92. The maximum atomic E-state index is 5.71. The number of hydrogen-bond donors (Lipinski definition) is 0. The van der Waals surface area contributed by atoms with Gasteiger partial charge >= 0.3 is 0 Å². The van der Waals surface area contributed by atoms with E-state index in [1.54, 1.807) is 0 Å². The van der Waals surface area contributed by atoms with E-state index in [1.807, 2.05) is 0 Å². The quantitative estimate of drug-likeness (QED) is 0.710. The van der Waals surface area contributed by atoms with Crippen LogP contribution in [0.2, 0.25) is 0 Å².